The van der Waals surface area contributed by atoms with Gasteiger partial charge < -0.3 is 4.74 Å². The molecule has 7 heteroatoms. The lowest BCUT2D eigenvalue weighted by molar-refractivity contribution is -0.141. The highest BCUT2D eigenvalue weighted by molar-refractivity contribution is 9.10. The van der Waals surface area contributed by atoms with Gasteiger partial charge in [-0.25, -0.2) is 8.93 Å². The fourth-order valence-corrected chi connectivity index (χ4v) is 4.21. The van der Waals surface area contributed by atoms with Crippen LogP contribution in [0, 0.1) is 0 Å². The van der Waals surface area contributed by atoms with Gasteiger partial charge in [-0.3, -0.25) is 4.79 Å². The number of thiophene rings is 1. The predicted octanol–water partition coefficient (Wildman–Crippen LogP) is 3.73. The lowest BCUT2D eigenvalue weighted by atomic mass is 9.95. The van der Waals surface area contributed by atoms with Crippen molar-refractivity contribution in [2.45, 2.75) is 50.8 Å². The summed E-state index contributed by atoms with van der Waals surface area (Å²) in [4.78, 5) is 12.5. The third-order valence-electron chi connectivity index (χ3n) is 3.04. The molecule has 0 fully saturated rings. The summed E-state index contributed by atoms with van der Waals surface area (Å²) in [5.74, 6) is -0.264. The summed E-state index contributed by atoms with van der Waals surface area (Å²) in [5.41, 5.74) is -0.539. The molecular formula is C14H22BrNO3S2. The van der Waals surface area contributed by atoms with Crippen LogP contribution in [0.3, 0.4) is 0 Å². The van der Waals surface area contributed by atoms with Crippen molar-refractivity contribution in [1.29, 1.82) is 0 Å². The van der Waals surface area contributed by atoms with Crippen LogP contribution in [0.1, 0.15) is 45.4 Å². The molecule has 0 radical (unpaired) electrons. The molecule has 0 aliphatic heterocycles. The lowest BCUT2D eigenvalue weighted by Crippen LogP contribution is -2.46. The second-order valence-electron chi connectivity index (χ2n) is 6.02. The van der Waals surface area contributed by atoms with Crippen LogP contribution in [0.15, 0.2) is 15.9 Å². The molecule has 1 aromatic rings. The monoisotopic (exact) mass is 395 g/mol. The van der Waals surface area contributed by atoms with Crippen LogP contribution in [0.5, 0.6) is 0 Å². The van der Waals surface area contributed by atoms with Crippen LogP contribution < -0.4 is 4.72 Å². The number of rotatable bonds is 6. The quantitative estimate of drug-likeness (QED) is 0.746. The summed E-state index contributed by atoms with van der Waals surface area (Å²) in [6, 6.07) is 1.99. The van der Waals surface area contributed by atoms with Gasteiger partial charge >= 0.3 is 5.97 Å². The third-order valence-corrected chi connectivity index (χ3v) is 6.75. The van der Waals surface area contributed by atoms with Gasteiger partial charge in [0.15, 0.2) is 0 Å². The predicted molar refractivity (Wildman–Crippen MR) is 91.7 cm³/mol. The highest BCUT2D eigenvalue weighted by atomic mass is 79.9. The van der Waals surface area contributed by atoms with E-state index >= 15 is 0 Å². The van der Waals surface area contributed by atoms with Gasteiger partial charge in [0, 0.05) is 21.2 Å². The molecule has 0 bridgehead atoms. The summed E-state index contributed by atoms with van der Waals surface area (Å²) in [6.07, 6.45) is 0.797. The topological polar surface area (TPSA) is 55.4 Å². The maximum absolute atomic E-state index is 12.5. The number of halogens is 1. The molecule has 0 aliphatic rings. The molecule has 0 amide bonds. The Morgan fingerprint density at radius 1 is 1.43 bits per heavy atom. The minimum Gasteiger partial charge on any atom is -0.469 e. The maximum atomic E-state index is 12.5. The minimum atomic E-state index is -1.23. The molecule has 1 rings (SSSR count). The average Bonchev–Trinajstić information content (AvgIpc) is 2.82. The number of hydrogen-bond donors (Lipinski definition) is 1. The van der Waals surface area contributed by atoms with E-state index in [1.807, 2.05) is 39.1 Å². The fourth-order valence-electron chi connectivity index (χ4n) is 1.64. The second kappa shape index (κ2) is 7.35. The molecule has 1 unspecified atom stereocenters. The Morgan fingerprint density at radius 3 is 2.48 bits per heavy atom. The first-order valence-electron chi connectivity index (χ1n) is 6.59. The number of carbonyl (C=O) groups excluding carboxylic acids is 1. The standard InChI is InChI=1S/C14H22BrNO3S2/c1-13(2,3)21(18)16-14(4,7-6-12(17)19-5)11-8-10(15)9-20-11/h8-9,16H,6-7H2,1-5H3/t14-,21?/m0/s1. The number of hydrogen-bond acceptors (Lipinski definition) is 4. The normalized spacial score (nSPS) is 16.3. The molecule has 2 atom stereocenters. The molecule has 0 spiro atoms. The van der Waals surface area contributed by atoms with Crippen LogP contribution in [-0.2, 0) is 26.1 Å². The Bertz CT molecular complexity index is 525. The highest BCUT2D eigenvalue weighted by Crippen LogP contribution is 2.34. The number of esters is 1. The van der Waals surface area contributed by atoms with Crippen molar-refractivity contribution in [3.8, 4) is 0 Å². The highest BCUT2D eigenvalue weighted by Gasteiger charge is 2.34. The van der Waals surface area contributed by atoms with Gasteiger partial charge in [0.05, 0.1) is 28.4 Å². The zero-order chi connectivity index (χ0) is 16.3. The van der Waals surface area contributed by atoms with Gasteiger partial charge in [0.2, 0.25) is 0 Å². The van der Waals surface area contributed by atoms with Crippen molar-refractivity contribution in [3.05, 3.63) is 20.8 Å². The molecule has 120 valence electrons. The SMILES string of the molecule is COC(=O)CC[C@](C)(NS(=O)C(C)(C)C)c1cc(Br)cs1. The Kier molecular flexibility index (Phi) is 6.58. The van der Waals surface area contributed by atoms with Gasteiger partial charge in [-0.15, -0.1) is 11.3 Å². The first-order valence-corrected chi connectivity index (χ1v) is 9.42. The molecular weight excluding hydrogens is 374 g/mol. The smallest absolute Gasteiger partial charge is 0.305 e. The van der Waals surface area contributed by atoms with Crippen LogP contribution >= 0.6 is 27.3 Å². The zero-order valence-corrected chi connectivity index (χ0v) is 16.2. The van der Waals surface area contributed by atoms with E-state index in [1.165, 1.54) is 7.11 Å². The van der Waals surface area contributed by atoms with Gasteiger partial charge in [0.25, 0.3) is 0 Å². The summed E-state index contributed by atoms with van der Waals surface area (Å²) < 4.78 is 21.0. The van der Waals surface area contributed by atoms with Gasteiger partial charge in [0.1, 0.15) is 0 Å². The van der Waals surface area contributed by atoms with Crippen LogP contribution in [-0.4, -0.2) is 22.0 Å². The Morgan fingerprint density at radius 2 is 2.05 bits per heavy atom. The lowest BCUT2D eigenvalue weighted by Gasteiger charge is -2.32. The van der Waals surface area contributed by atoms with Gasteiger partial charge in [-0.05, 0) is 56.1 Å². The van der Waals surface area contributed by atoms with E-state index in [2.05, 4.69) is 20.7 Å². The zero-order valence-electron chi connectivity index (χ0n) is 13.0. The van der Waals surface area contributed by atoms with E-state index in [0.717, 1.165) is 9.35 Å². The number of ether oxygens (including phenoxy) is 1. The fraction of sp³-hybridized carbons (Fsp3) is 0.643. The van der Waals surface area contributed by atoms with E-state index < -0.39 is 16.5 Å². The maximum Gasteiger partial charge on any atom is 0.305 e. The molecule has 0 saturated heterocycles. The van der Waals surface area contributed by atoms with E-state index in [9.17, 15) is 9.00 Å². The Balaban J connectivity index is 2.99. The number of methoxy groups -OCH3 is 1. The van der Waals surface area contributed by atoms with Crippen molar-refractivity contribution >= 4 is 44.2 Å². The average molecular weight is 396 g/mol. The number of nitrogens with one attached hydrogen (secondary N) is 1. The van der Waals surface area contributed by atoms with Crippen molar-refractivity contribution < 1.29 is 13.7 Å². The van der Waals surface area contributed by atoms with Crippen LogP contribution in [0.25, 0.3) is 0 Å². The summed E-state index contributed by atoms with van der Waals surface area (Å²) in [5, 5.41) is 1.98. The van der Waals surface area contributed by atoms with E-state index in [4.69, 9.17) is 4.74 Å². The van der Waals surface area contributed by atoms with Crippen molar-refractivity contribution in [3.63, 3.8) is 0 Å². The Hall–Kier alpha value is -0.240. The summed E-state index contributed by atoms with van der Waals surface area (Å²) in [7, 11) is 0.152. The molecule has 1 N–H and O–H groups in total. The Labute approximate surface area is 141 Å². The van der Waals surface area contributed by atoms with Crippen molar-refractivity contribution in [2.75, 3.05) is 7.11 Å². The minimum absolute atomic E-state index is 0.264. The molecule has 1 heterocycles. The summed E-state index contributed by atoms with van der Waals surface area (Å²) in [6.45, 7) is 7.72. The van der Waals surface area contributed by atoms with Gasteiger partial charge in [-0.2, -0.15) is 0 Å². The third kappa shape index (κ3) is 5.47. The van der Waals surface area contributed by atoms with Crippen LogP contribution in [0.4, 0.5) is 0 Å². The molecule has 4 nitrogen and oxygen atoms in total. The van der Waals surface area contributed by atoms with E-state index in [1.54, 1.807) is 11.3 Å². The first-order chi connectivity index (χ1) is 9.58. The van der Waals surface area contributed by atoms with Gasteiger partial charge in [-0.1, -0.05) is 0 Å². The van der Waals surface area contributed by atoms with E-state index in [-0.39, 0.29) is 17.1 Å². The van der Waals surface area contributed by atoms with Crippen molar-refractivity contribution in [1.82, 2.24) is 4.72 Å². The molecule has 1 aromatic heterocycles. The largest absolute Gasteiger partial charge is 0.469 e. The molecule has 0 aliphatic carbocycles. The molecule has 0 saturated carbocycles. The second-order valence-corrected chi connectivity index (χ2v) is 9.81. The van der Waals surface area contributed by atoms with E-state index in [0.29, 0.717) is 6.42 Å². The molecule has 21 heavy (non-hydrogen) atoms. The van der Waals surface area contributed by atoms with Crippen molar-refractivity contribution in [2.24, 2.45) is 0 Å². The number of carbonyl (C=O) groups is 1. The summed E-state index contributed by atoms with van der Waals surface area (Å²) >= 11 is 5.01. The first kappa shape index (κ1) is 18.8. The molecule has 0 aromatic carbocycles. The van der Waals surface area contributed by atoms with Crippen LogP contribution in [0.2, 0.25) is 0 Å².